The molecule has 1 aliphatic heterocycles. The Labute approximate surface area is 195 Å². The summed E-state index contributed by atoms with van der Waals surface area (Å²) in [5, 5.41) is 18.4. The van der Waals surface area contributed by atoms with Gasteiger partial charge in [-0.3, -0.25) is 15.4 Å². The molecule has 10 heteroatoms. The number of non-ortho nitro benzene ring substituents is 1. The second kappa shape index (κ2) is 9.26. The Morgan fingerprint density at radius 3 is 2.71 bits per heavy atom. The largest absolute Gasteiger partial charge is 0.463 e. The van der Waals surface area contributed by atoms with Crippen molar-refractivity contribution in [3.05, 3.63) is 80.7 Å². The third-order valence-corrected chi connectivity index (χ3v) is 5.41. The number of nitro benzene ring substituents is 1. The normalized spacial score (nSPS) is 15.5. The predicted molar refractivity (Wildman–Crippen MR) is 128 cm³/mol. The standard InChI is InChI=1S/C24H24N6O4/c1-5-34-22(31)20-15(4)26-24(28-21(20)16-7-6-8-17(12-16)30(32)33)29-23-25-14(3)18-11-13(2)9-10-19(18)27-23/h6-12,21H,5H2,1-4H3,(H2,25,26,27,28,29). The van der Waals surface area contributed by atoms with Gasteiger partial charge < -0.3 is 10.1 Å². The molecule has 0 saturated heterocycles. The SMILES string of the molecule is CCOC(=O)C1=C(C)NC(Nc2nc(C)c3cc(C)ccc3n2)=NC1c1cccc([N+](=O)[O-])c1. The highest BCUT2D eigenvalue weighted by Gasteiger charge is 2.31. The molecule has 3 aromatic rings. The van der Waals surface area contributed by atoms with Gasteiger partial charge in [-0.25, -0.2) is 19.8 Å². The average molecular weight is 460 g/mol. The van der Waals surface area contributed by atoms with Gasteiger partial charge in [-0.15, -0.1) is 0 Å². The fraction of sp³-hybridized carbons (Fsp3) is 0.250. The van der Waals surface area contributed by atoms with E-state index in [1.54, 1.807) is 26.0 Å². The van der Waals surface area contributed by atoms with Gasteiger partial charge in [0.25, 0.3) is 5.69 Å². The van der Waals surface area contributed by atoms with Crippen molar-refractivity contribution >= 4 is 34.5 Å². The van der Waals surface area contributed by atoms with Gasteiger partial charge in [0, 0.05) is 23.2 Å². The number of allylic oxidation sites excluding steroid dienone is 1. The van der Waals surface area contributed by atoms with Crippen LogP contribution in [0.2, 0.25) is 0 Å². The molecule has 174 valence electrons. The van der Waals surface area contributed by atoms with Gasteiger partial charge in [0.1, 0.15) is 6.04 Å². The summed E-state index contributed by atoms with van der Waals surface area (Å²) in [6.45, 7) is 7.54. The smallest absolute Gasteiger partial charge is 0.338 e. The highest BCUT2D eigenvalue weighted by molar-refractivity contribution is 6.00. The minimum absolute atomic E-state index is 0.0922. The molecule has 34 heavy (non-hydrogen) atoms. The molecule has 1 atom stereocenters. The fourth-order valence-electron chi connectivity index (χ4n) is 3.82. The van der Waals surface area contributed by atoms with Crippen molar-refractivity contribution in [2.24, 2.45) is 4.99 Å². The first-order valence-corrected chi connectivity index (χ1v) is 10.8. The summed E-state index contributed by atoms with van der Waals surface area (Å²) >= 11 is 0. The lowest BCUT2D eigenvalue weighted by atomic mass is 9.96. The number of esters is 1. The maximum Gasteiger partial charge on any atom is 0.338 e. The Bertz CT molecular complexity index is 1360. The zero-order chi connectivity index (χ0) is 24.4. The number of carbonyl (C=O) groups is 1. The molecule has 0 fully saturated rings. The number of hydrogen-bond donors (Lipinski definition) is 2. The number of aliphatic imine (C=N–C) groups is 1. The van der Waals surface area contributed by atoms with Crippen LogP contribution in [0, 0.1) is 24.0 Å². The summed E-state index contributed by atoms with van der Waals surface area (Å²) in [7, 11) is 0. The van der Waals surface area contributed by atoms with Crippen molar-refractivity contribution < 1.29 is 14.5 Å². The van der Waals surface area contributed by atoms with E-state index in [1.165, 1.54) is 12.1 Å². The summed E-state index contributed by atoms with van der Waals surface area (Å²) in [6.07, 6.45) is 0. The molecule has 4 rings (SSSR count). The number of nitro groups is 1. The van der Waals surface area contributed by atoms with Gasteiger partial charge in [0.2, 0.25) is 11.9 Å². The van der Waals surface area contributed by atoms with Crippen LogP contribution in [0.4, 0.5) is 11.6 Å². The van der Waals surface area contributed by atoms with Crippen molar-refractivity contribution in [3.63, 3.8) is 0 Å². The van der Waals surface area contributed by atoms with Crippen LogP contribution in [0.3, 0.4) is 0 Å². The number of benzene rings is 2. The number of nitrogens with one attached hydrogen (secondary N) is 2. The van der Waals surface area contributed by atoms with Gasteiger partial charge in [-0.05, 0) is 45.4 Å². The number of fused-ring (bicyclic) bond motifs is 1. The average Bonchev–Trinajstić information content (AvgIpc) is 2.79. The molecule has 0 bridgehead atoms. The van der Waals surface area contributed by atoms with Gasteiger partial charge in [0.05, 0.1) is 28.3 Å². The number of carbonyl (C=O) groups excluding carboxylic acids is 1. The molecule has 0 aliphatic carbocycles. The Morgan fingerprint density at radius 1 is 1.18 bits per heavy atom. The Hall–Kier alpha value is -4.34. The van der Waals surface area contributed by atoms with Gasteiger partial charge >= 0.3 is 5.97 Å². The topological polar surface area (TPSA) is 132 Å². The molecular formula is C24H24N6O4. The molecule has 1 aliphatic rings. The Morgan fingerprint density at radius 2 is 1.97 bits per heavy atom. The second-order valence-electron chi connectivity index (χ2n) is 7.89. The predicted octanol–water partition coefficient (Wildman–Crippen LogP) is 4.10. The van der Waals surface area contributed by atoms with E-state index in [0.717, 1.165) is 22.2 Å². The van der Waals surface area contributed by atoms with Crippen LogP contribution in [0.25, 0.3) is 10.9 Å². The van der Waals surface area contributed by atoms with Crippen molar-refractivity contribution in [3.8, 4) is 0 Å². The summed E-state index contributed by atoms with van der Waals surface area (Å²) in [5.74, 6) is 0.109. The molecule has 2 N–H and O–H groups in total. The van der Waals surface area contributed by atoms with Crippen LogP contribution in [0.15, 0.2) is 58.7 Å². The third-order valence-electron chi connectivity index (χ3n) is 5.41. The maximum atomic E-state index is 12.7. The summed E-state index contributed by atoms with van der Waals surface area (Å²) in [5.41, 5.74) is 3.90. The van der Waals surface area contributed by atoms with Gasteiger partial charge in [-0.2, -0.15) is 0 Å². The summed E-state index contributed by atoms with van der Waals surface area (Å²) in [4.78, 5) is 37.3. The number of rotatable bonds is 5. The minimum Gasteiger partial charge on any atom is -0.463 e. The number of nitrogens with zero attached hydrogens (tertiary/aromatic N) is 4. The number of guanidine groups is 1. The van der Waals surface area contributed by atoms with Crippen molar-refractivity contribution in [2.45, 2.75) is 33.7 Å². The quantitative estimate of drug-likeness (QED) is 0.330. The molecule has 0 amide bonds. The molecule has 2 heterocycles. The van der Waals surface area contributed by atoms with Crippen molar-refractivity contribution in [1.29, 1.82) is 0 Å². The number of aromatic nitrogens is 2. The third kappa shape index (κ3) is 4.56. The lowest BCUT2D eigenvalue weighted by Gasteiger charge is -2.26. The number of hydrogen-bond acceptors (Lipinski definition) is 9. The van der Waals surface area contributed by atoms with Crippen LogP contribution in [0.5, 0.6) is 0 Å². The monoisotopic (exact) mass is 460 g/mol. The summed E-state index contributed by atoms with van der Waals surface area (Å²) < 4.78 is 5.22. The van der Waals surface area contributed by atoms with E-state index in [2.05, 4.69) is 25.6 Å². The van der Waals surface area contributed by atoms with E-state index in [4.69, 9.17) is 4.74 Å². The van der Waals surface area contributed by atoms with E-state index in [-0.39, 0.29) is 17.9 Å². The number of anilines is 1. The number of ether oxygens (including phenoxy) is 1. The highest BCUT2D eigenvalue weighted by Crippen LogP contribution is 2.33. The van der Waals surface area contributed by atoms with Gasteiger partial charge in [0.15, 0.2) is 0 Å². The molecule has 1 aromatic heterocycles. The first-order valence-electron chi connectivity index (χ1n) is 10.8. The van der Waals surface area contributed by atoms with Crippen molar-refractivity contribution in [1.82, 2.24) is 15.3 Å². The summed E-state index contributed by atoms with van der Waals surface area (Å²) in [6, 6.07) is 11.2. The lowest BCUT2D eigenvalue weighted by molar-refractivity contribution is -0.384. The van der Waals surface area contributed by atoms with Crippen LogP contribution in [-0.2, 0) is 9.53 Å². The van der Waals surface area contributed by atoms with Crippen LogP contribution in [-0.4, -0.2) is 33.4 Å². The van der Waals surface area contributed by atoms with Crippen LogP contribution < -0.4 is 10.6 Å². The van der Waals surface area contributed by atoms with Crippen LogP contribution >= 0.6 is 0 Å². The van der Waals surface area contributed by atoms with E-state index in [1.807, 2.05) is 32.0 Å². The van der Waals surface area contributed by atoms with E-state index >= 15 is 0 Å². The molecule has 0 radical (unpaired) electrons. The van der Waals surface area contributed by atoms with Crippen molar-refractivity contribution in [2.75, 3.05) is 11.9 Å². The first kappa shape index (κ1) is 22.8. The molecule has 10 nitrogen and oxygen atoms in total. The minimum atomic E-state index is -0.813. The zero-order valence-electron chi connectivity index (χ0n) is 19.2. The maximum absolute atomic E-state index is 12.7. The fourth-order valence-corrected chi connectivity index (χ4v) is 3.82. The number of aryl methyl sites for hydroxylation is 2. The first-order chi connectivity index (χ1) is 16.3. The molecule has 1 unspecified atom stereocenters. The molecule has 2 aromatic carbocycles. The Kier molecular flexibility index (Phi) is 6.22. The lowest BCUT2D eigenvalue weighted by Crippen LogP contribution is -2.37. The van der Waals surface area contributed by atoms with E-state index in [9.17, 15) is 14.9 Å². The second-order valence-corrected chi connectivity index (χ2v) is 7.89. The van der Waals surface area contributed by atoms with Crippen LogP contribution in [0.1, 0.15) is 36.7 Å². The molecule has 0 saturated carbocycles. The molecule has 0 spiro atoms. The van der Waals surface area contributed by atoms with E-state index < -0.39 is 16.9 Å². The van der Waals surface area contributed by atoms with E-state index in [0.29, 0.717) is 23.2 Å². The van der Waals surface area contributed by atoms with Gasteiger partial charge in [-0.1, -0.05) is 23.8 Å². The molecular weight excluding hydrogens is 436 g/mol. The highest BCUT2D eigenvalue weighted by atomic mass is 16.6. The Balaban J connectivity index is 1.74. The zero-order valence-corrected chi connectivity index (χ0v) is 19.2.